The molecule has 1 fully saturated rings. The molecular formula is C37H49ClN4O5Si. The van der Waals surface area contributed by atoms with E-state index in [4.69, 9.17) is 25.8 Å². The molecule has 2 heterocycles. The maximum absolute atomic E-state index is 12.4. The highest BCUT2D eigenvalue weighted by atomic mass is 35.5. The van der Waals surface area contributed by atoms with Crippen molar-refractivity contribution in [3.05, 3.63) is 65.4 Å². The van der Waals surface area contributed by atoms with Gasteiger partial charge in [0.05, 0.1) is 11.1 Å². The van der Waals surface area contributed by atoms with Gasteiger partial charge in [0.25, 0.3) is 0 Å². The molecule has 1 aliphatic rings. The average Bonchev–Trinajstić information content (AvgIpc) is 3.79. The minimum Gasteiger partial charge on any atom is -0.491 e. The zero-order valence-electron chi connectivity index (χ0n) is 28.9. The van der Waals surface area contributed by atoms with Gasteiger partial charge >= 0.3 is 0 Å². The zero-order chi connectivity index (χ0) is 34.3. The first-order valence-corrected chi connectivity index (χ1v) is 21.1. The highest BCUT2D eigenvalue weighted by molar-refractivity contribution is 6.76. The van der Waals surface area contributed by atoms with Gasteiger partial charge in [-0.3, -0.25) is 4.79 Å². The van der Waals surface area contributed by atoms with Crippen molar-refractivity contribution in [2.24, 2.45) is 5.92 Å². The number of Topliss-reactive ketones (excluding diaryl/α,β-unsaturated/α-hetero) is 1. The number of benzene rings is 2. The van der Waals surface area contributed by atoms with Gasteiger partial charge in [-0.25, -0.2) is 9.97 Å². The van der Waals surface area contributed by atoms with Gasteiger partial charge in [0, 0.05) is 39.1 Å². The van der Waals surface area contributed by atoms with Crippen molar-refractivity contribution in [2.75, 3.05) is 32.8 Å². The van der Waals surface area contributed by atoms with Crippen LogP contribution >= 0.6 is 11.6 Å². The lowest BCUT2D eigenvalue weighted by Crippen LogP contribution is -2.35. The van der Waals surface area contributed by atoms with E-state index in [1.54, 1.807) is 6.07 Å². The van der Waals surface area contributed by atoms with Crippen LogP contribution in [0.5, 0.6) is 17.4 Å². The van der Waals surface area contributed by atoms with Gasteiger partial charge in [-0.15, -0.1) is 0 Å². The second kappa shape index (κ2) is 16.4. The molecule has 1 N–H and O–H groups in total. The summed E-state index contributed by atoms with van der Waals surface area (Å²) >= 11 is 6.60. The number of aliphatic hydroxyl groups is 1. The summed E-state index contributed by atoms with van der Waals surface area (Å²) in [5, 5.41) is 11.7. The topological polar surface area (TPSA) is 98.9 Å². The third kappa shape index (κ3) is 10.1. The summed E-state index contributed by atoms with van der Waals surface area (Å²) in [5.41, 5.74) is 3.35. The highest BCUT2D eigenvalue weighted by Gasteiger charge is 2.25. The maximum Gasteiger partial charge on any atom is 0.231 e. The summed E-state index contributed by atoms with van der Waals surface area (Å²) in [6, 6.07) is 16.3. The van der Waals surface area contributed by atoms with Gasteiger partial charge in [0.2, 0.25) is 5.88 Å². The number of aromatic nitrogens is 3. The number of nitrogens with zero attached hydrogens (tertiary/aromatic N) is 4. The van der Waals surface area contributed by atoms with Crippen LogP contribution < -0.4 is 9.47 Å². The first-order valence-electron chi connectivity index (χ1n) is 17.1. The number of likely N-dealkylation sites (N-methyl/N-ethyl adjacent to an activating group) is 1. The molecule has 0 saturated heterocycles. The molecule has 0 amide bonds. The molecule has 258 valence electrons. The Hall–Kier alpha value is -3.28. The summed E-state index contributed by atoms with van der Waals surface area (Å²) in [4.78, 5) is 23.7. The van der Waals surface area contributed by atoms with Crippen molar-refractivity contribution in [1.82, 2.24) is 19.4 Å². The second-order valence-corrected chi connectivity index (χ2v) is 19.9. The average molecular weight is 693 g/mol. The van der Waals surface area contributed by atoms with Crippen LogP contribution in [0, 0.1) is 5.92 Å². The van der Waals surface area contributed by atoms with Gasteiger partial charge in [0.15, 0.2) is 0 Å². The fourth-order valence-electron chi connectivity index (χ4n) is 5.55. The Bertz CT molecular complexity index is 1670. The SMILES string of the molecule is CCN(CC)C[C@@H](O)COc1ccc(-c2cc3c(Oc4ccc(CC(=O)CC5CC5)c(Cl)c4)ncnc3n2COCC[Si](C)(C)C)cc1. The maximum atomic E-state index is 12.4. The summed E-state index contributed by atoms with van der Waals surface area (Å²) in [6.07, 6.45) is 4.18. The molecule has 1 atom stereocenters. The van der Waals surface area contributed by atoms with Gasteiger partial charge in [-0.05, 0) is 91.5 Å². The third-order valence-electron chi connectivity index (χ3n) is 8.67. The van der Waals surface area contributed by atoms with Crippen LogP contribution in [0.2, 0.25) is 30.7 Å². The lowest BCUT2D eigenvalue weighted by molar-refractivity contribution is -0.118. The standard InChI is InChI=1S/C37H49ClN4O5Si/c1-6-41(7-2)22-30(44)23-46-31-13-10-27(11-14-31)35-21-33-36(42(35)25-45-16-17-48(3,4)5)39-24-40-37(33)47-32-15-12-28(34(38)20-32)19-29(43)18-26-8-9-26/h10-15,20-21,24,26,30,44H,6-9,16-19,22-23,25H2,1-5H3/t30-/m1/s1. The first-order chi connectivity index (χ1) is 23.0. The Morgan fingerprint density at radius 3 is 2.46 bits per heavy atom. The molecule has 1 saturated carbocycles. The largest absolute Gasteiger partial charge is 0.491 e. The summed E-state index contributed by atoms with van der Waals surface area (Å²) < 4.78 is 20.4. The van der Waals surface area contributed by atoms with E-state index in [0.29, 0.717) is 66.7 Å². The minimum atomic E-state index is -1.27. The van der Waals surface area contributed by atoms with E-state index in [0.717, 1.165) is 54.2 Å². The lowest BCUT2D eigenvalue weighted by atomic mass is 10.0. The molecular weight excluding hydrogens is 644 g/mol. The third-order valence-corrected chi connectivity index (χ3v) is 10.7. The van der Waals surface area contributed by atoms with Gasteiger partial charge < -0.3 is 28.8 Å². The van der Waals surface area contributed by atoms with E-state index in [2.05, 4.69) is 48.4 Å². The number of carbonyl (C=O) groups is 1. The van der Waals surface area contributed by atoms with Crippen LogP contribution in [0.15, 0.2) is 54.9 Å². The molecule has 0 unspecified atom stereocenters. The number of ether oxygens (including phenoxy) is 3. The summed E-state index contributed by atoms with van der Waals surface area (Å²) in [5.74, 6) is 2.39. The van der Waals surface area contributed by atoms with Crippen LogP contribution in [0.3, 0.4) is 0 Å². The highest BCUT2D eigenvalue weighted by Crippen LogP contribution is 2.36. The van der Waals surface area contributed by atoms with Crippen LogP contribution in [0.4, 0.5) is 0 Å². The number of aliphatic hydroxyl groups excluding tert-OH is 1. The molecule has 11 heteroatoms. The van der Waals surface area contributed by atoms with E-state index >= 15 is 0 Å². The molecule has 2 aromatic carbocycles. The van der Waals surface area contributed by atoms with Crippen molar-refractivity contribution in [1.29, 1.82) is 0 Å². The van der Waals surface area contributed by atoms with E-state index in [9.17, 15) is 9.90 Å². The quantitative estimate of drug-likeness (QED) is 0.0784. The molecule has 2 aromatic heterocycles. The number of halogens is 1. The van der Waals surface area contributed by atoms with Gasteiger partial charge in [0.1, 0.15) is 48.7 Å². The van der Waals surface area contributed by atoms with Crippen LogP contribution in [-0.4, -0.2) is 77.4 Å². The van der Waals surface area contributed by atoms with E-state index in [1.165, 1.54) is 6.33 Å². The summed E-state index contributed by atoms with van der Waals surface area (Å²) in [7, 11) is -1.27. The van der Waals surface area contributed by atoms with Crippen LogP contribution in [0.1, 0.15) is 38.7 Å². The Kier molecular flexibility index (Phi) is 12.3. The number of hydrogen-bond donors (Lipinski definition) is 1. The van der Waals surface area contributed by atoms with Crippen LogP contribution in [0.25, 0.3) is 22.3 Å². The number of carbonyl (C=O) groups excluding carboxylic acids is 1. The molecule has 0 bridgehead atoms. The molecule has 0 spiro atoms. The number of fused-ring (bicyclic) bond motifs is 1. The zero-order valence-corrected chi connectivity index (χ0v) is 30.6. The predicted octanol–water partition coefficient (Wildman–Crippen LogP) is 7.85. The Morgan fingerprint density at radius 2 is 1.79 bits per heavy atom. The normalized spacial score (nSPS) is 14.1. The first kappa shape index (κ1) is 36.0. The van der Waals surface area contributed by atoms with Crippen molar-refractivity contribution >= 4 is 36.5 Å². The minimum absolute atomic E-state index is 0.221. The van der Waals surface area contributed by atoms with Crippen molar-refractivity contribution in [2.45, 2.75) is 78.1 Å². The van der Waals surface area contributed by atoms with E-state index < -0.39 is 14.2 Å². The van der Waals surface area contributed by atoms with Crippen molar-refractivity contribution in [3.63, 3.8) is 0 Å². The fraction of sp³-hybridized carbons (Fsp3) is 0.486. The van der Waals surface area contributed by atoms with Gasteiger partial charge in [-0.2, -0.15) is 0 Å². The monoisotopic (exact) mass is 692 g/mol. The Balaban J connectivity index is 1.36. The van der Waals surface area contributed by atoms with Crippen LogP contribution in [-0.2, 0) is 22.7 Å². The lowest BCUT2D eigenvalue weighted by Gasteiger charge is -2.22. The molecule has 9 nitrogen and oxygen atoms in total. The van der Waals surface area contributed by atoms with E-state index in [-0.39, 0.29) is 12.4 Å². The molecule has 5 rings (SSSR count). The number of hydrogen-bond acceptors (Lipinski definition) is 8. The Morgan fingerprint density at radius 1 is 1.06 bits per heavy atom. The fourth-order valence-corrected chi connectivity index (χ4v) is 6.54. The number of ketones is 1. The molecule has 1 aliphatic carbocycles. The molecule has 4 aromatic rings. The van der Waals surface area contributed by atoms with Crippen molar-refractivity contribution in [3.8, 4) is 28.6 Å². The number of rotatable bonds is 19. The van der Waals surface area contributed by atoms with Gasteiger partial charge in [-0.1, -0.05) is 51.2 Å². The second-order valence-electron chi connectivity index (χ2n) is 13.9. The Labute approximate surface area is 290 Å². The van der Waals surface area contributed by atoms with E-state index in [1.807, 2.05) is 47.0 Å². The molecule has 48 heavy (non-hydrogen) atoms. The smallest absolute Gasteiger partial charge is 0.231 e. The van der Waals surface area contributed by atoms with Crippen molar-refractivity contribution < 1.29 is 24.1 Å². The predicted molar refractivity (Wildman–Crippen MR) is 194 cm³/mol. The summed E-state index contributed by atoms with van der Waals surface area (Å²) in [6.45, 7) is 14.7. The molecule has 0 radical (unpaired) electrons. The molecule has 0 aliphatic heterocycles.